The summed E-state index contributed by atoms with van der Waals surface area (Å²) >= 11 is 3.59. The Morgan fingerprint density at radius 3 is 2.75 bits per heavy atom. The molecule has 0 radical (unpaired) electrons. The van der Waals surface area contributed by atoms with Gasteiger partial charge in [0.25, 0.3) is 0 Å². The van der Waals surface area contributed by atoms with Gasteiger partial charge in [-0.3, -0.25) is 0 Å². The van der Waals surface area contributed by atoms with Crippen molar-refractivity contribution in [3.63, 3.8) is 0 Å². The van der Waals surface area contributed by atoms with Crippen molar-refractivity contribution in [1.82, 2.24) is 3.53 Å². The molecule has 0 rings (SSSR count). The molecule has 0 aliphatic rings. The third-order valence-electron chi connectivity index (χ3n) is 0.806. The zero-order chi connectivity index (χ0) is 9.40. The number of allylic oxidation sites excluding steroid dienone is 1. The lowest BCUT2D eigenvalue weighted by Crippen LogP contribution is -2.03. The lowest BCUT2D eigenvalue weighted by atomic mass is 10.4. The zero-order valence-corrected chi connectivity index (χ0v) is 10.1. The second-order valence-electron chi connectivity index (χ2n) is 1.62. The molecule has 0 spiro atoms. The fourth-order valence-corrected chi connectivity index (χ4v) is 1.03. The van der Waals surface area contributed by atoms with Crippen molar-refractivity contribution < 1.29 is 11.8 Å². The summed E-state index contributed by atoms with van der Waals surface area (Å²) in [7, 11) is 0. The molecule has 0 aliphatic heterocycles. The number of alkyl halides is 2. The molecule has 0 amide bonds. The van der Waals surface area contributed by atoms with E-state index in [4.69, 9.17) is 3.07 Å². The summed E-state index contributed by atoms with van der Waals surface area (Å²) in [5.74, 6) is 0. The fourth-order valence-electron chi connectivity index (χ4n) is 0.364. The second-order valence-corrected chi connectivity index (χ2v) is 2.78. The van der Waals surface area contributed by atoms with E-state index < -0.39 is 6.55 Å². The summed E-state index contributed by atoms with van der Waals surface area (Å²) in [6.45, 7) is -2.32. The van der Waals surface area contributed by atoms with E-state index in [1.807, 2.05) is 22.9 Å². The van der Waals surface area contributed by atoms with Gasteiger partial charge >= 0.3 is 6.55 Å². The van der Waals surface area contributed by atoms with Gasteiger partial charge in [0.05, 0.1) is 29.5 Å². The van der Waals surface area contributed by atoms with Crippen LogP contribution in [-0.4, -0.2) is 19.4 Å². The lowest BCUT2D eigenvalue weighted by molar-refractivity contribution is 0.161. The van der Waals surface area contributed by atoms with E-state index in [0.29, 0.717) is 12.3 Å². The minimum atomic E-state index is -2.66. The summed E-state index contributed by atoms with van der Waals surface area (Å²) in [6.07, 6.45) is 2.47. The molecule has 0 fully saturated rings. The van der Waals surface area contributed by atoms with Crippen LogP contribution in [0.1, 0.15) is 0 Å². The van der Waals surface area contributed by atoms with Gasteiger partial charge in [-0.25, -0.2) is 4.99 Å². The molecule has 70 valence electrons. The highest BCUT2D eigenvalue weighted by atomic mass is 127. The Balaban J connectivity index is 3.92. The standard InChI is InChI=1S/C5H6F2I2N2O/c6-5(7)10-2-1-4(11-8)3-12-9/h1-2,5,11H,3H2. The van der Waals surface area contributed by atoms with Gasteiger partial charge in [0.2, 0.25) is 0 Å². The average Bonchev–Trinajstić information content (AvgIpc) is 2.02. The number of nitrogens with one attached hydrogen (secondary N) is 1. The predicted octanol–water partition coefficient (Wildman–Crippen LogP) is 2.47. The fraction of sp³-hybridized carbons (Fsp3) is 0.400. The van der Waals surface area contributed by atoms with Crippen LogP contribution in [0.2, 0.25) is 0 Å². The van der Waals surface area contributed by atoms with Crippen molar-refractivity contribution in [2.24, 2.45) is 4.99 Å². The van der Waals surface area contributed by atoms with Gasteiger partial charge in [-0.2, -0.15) is 8.78 Å². The normalized spacial score (nSPS) is 12.9. The molecule has 0 unspecified atom stereocenters. The summed E-state index contributed by atoms with van der Waals surface area (Å²) in [6, 6.07) is 0. The molecule has 0 atom stereocenters. The van der Waals surface area contributed by atoms with Crippen LogP contribution in [0.3, 0.4) is 0 Å². The van der Waals surface area contributed by atoms with Crippen LogP contribution >= 0.6 is 45.9 Å². The number of nitrogens with zero attached hydrogens (tertiary/aromatic N) is 1. The van der Waals surface area contributed by atoms with E-state index >= 15 is 0 Å². The van der Waals surface area contributed by atoms with E-state index in [-0.39, 0.29) is 0 Å². The summed E-state index contributed by atoms with van der Waals surface area (Å²) in [5, 5.41) is 0. The second kappa shape index (κ2) is 8.10. The lowest BCUT2D eigenvalue weighted by Gasteiger charge is -1.99. The number of hydrogen-bond acceptors (Lipinski definition) is 3. The third kappa shape index (κ3) is 7.16. The molecule has 0 saturated heterocycles. The number of halogens is 4. The van der Waals surface area contributed by atoms with Gasteiger partial charge < -0.3 is 6.60 Å². The first-order valence-corrected chi connectivity index (χ1v) is 4.77. The monoisotopic (exact) mass is 402 g/mol. The van der Waals surface area contributed by atoms with Gasteiger partial charge in [-0.1, -0.05) is 0 Å². The smallest absolute Gasteiger partial charge is 0.330 e. The van der Waals surface area contributed by atoms with Crippen molar-refractivity contribution >= 4 is 52.1 Å². The maximum Gasteiger partial charge on any atom is 0.331 e. The van der Waals surface area contributed by atoms with Crippen molar-refractivity contribution in [2.45, 2.75) is 6.55 Å². The van der Waals surface area contributed by atoms with Crippen molar-refractivity contribution in [3.05, 3.63) is 11.8 Å². The molecule has 0 heterocycles. The molecule has 7 heteroatoms. The number of aliphatic imine (C=N–C) groups is 1. The molecule has 12 heavy (non-hydrogen) atoms. The number of hydrogen-bond donors (Lipinski definition) is 1. The Labute approximate surface area is 96.8 Å². The van der Waals surface area contributed by atoms with Crippen LogP contribution < -0.4 is 3.53 Å². The quantitative estimate of drug-likeness (QED) is 0.332. The van der Waals surface area contributed by atoms with Crippen LogP contribution in [0.15, 0.2) is 16.8 Å². The molecular formula is C5H6F2I2N2O. The summed E-state index contributed by atoms with van der Waals surface area (Å²) < 4.78 is 30.5. The summed E-state index contributed by atoms with van der Waals surface area (Å²) in [4.78, 5) is 2.86. The number of rotatable bonds is 5. The molecular weight excluding hydrogens is 396 g/mol. The van der Waals surface area contributed by atoms with Crippen LogP contribution in [0.25, 0.3) is 0 Å². The highest BCUT2D eigenvalue weighted by molar-refractivity contribution is 14.1. The van der Waals surface area contributed by atoms with Gasteiger partial charge in [0, 0.05) is 11.9 Å². The van der Waals surface area contributed by atoms with Gasteiger partial charge in [0.1, 0.15) is 23.0 Å². The SMILES string of the molecule is FC(F)N=CC=C(COI)NI. The highest BCUT2D eigenvalue weighted by Crippen LogP contribution is 1.97. The minimum absolute atomic E-state index is 0.332. The van der Waals surface area contributed by atoms with E-state index in [2.05, 4.69) is 8.52 Å². The molecule has 0 aromatic carbocycles. The van der Waals surface area contributed by atoms with Gasteiger partial charge in [0.15, 0.2) is 0 Å². The molecule has 0 bridgehead atoms. The first-order chi connectivity index (χ1) is 5.70. The largest absolute Gasteiger partial charge is 0.331 e. The Kier molecular flexibility index (Phi) is 8.44. The topological polar surface area (TPSA) is 33.6 Å². The molecule has 0 aromatic heterocycles. The Bertz CT molecular complexity index is 175. The van der Waals surface area contributed by atoms with Crippen molar-refractivity contribution in [2.75, 3.05) is 6.61 Å². The molecule has 0 aliphatic carbocycles. The van der Waals surface area contributed by atoms with Crippen LogP contribution in [0.5, 0.6) is 0 Å². The Hall–Kier alpha value is 0.490. The van der Waals surface area contributed by atoms with Crippen molar-refractivity contribution in [3.8, 4) is 0 Å². The van der Waals surface area contributed by atoms with Crippen LogP contribution in [0, 0.1) is 0 Å². The maximum atomic E-state index is 11.5. The van der Waals surface area contributed by atoms with Crippen LogP contribution in [0.4, 0.5) is 8.78 Å². The van der Waals surface area contributed by atoms with E-state index in [0.717, 1.165) is 6.21 Å². The first-order valence-electron chi connectivity index (χ1n) is 2.81. The average molecular weight is 402 g/mol. The zero-order valence-electron chi connectivity index (χ0n) is 5.81. The van der Waals surface area contributed by atoms with Crippen LogP contribution in [-0.2, 0) is 3.07 Å². The van der Waals surface area contributed by atoms with Gasteiger partial charge in [-0.15, -0.1) is 0 Å². The molecule has 0 saturated carbocycles. The Morgan fingerprint density at radius 1 is 1.67 bits per heavy atom. The maximum absolute atomic E-state index is 11.5. The third-order valence-corrected chi connectivity index (χ3v) is 1.81. The van der Waals surface area contributed by atoms with Gasteiger partial charge in [-0.05, 0) is 6.08 Å². The Morgan fingerprint density at radius 2 is 2.33 bits per heavy atom. The first kappa shape index (κ1) is 12.5. The van der Waals surface area contributed by atoms with E-state index in [1.54, 1.807) is 23.0 Å². The predicted molar refractivity (Wildman–Crippen MR) is 59.7 cm³/mol. The molecule has 1 N–H and O–H groups in total. The van der Waals surface area contributed by atoms with E-state index in [1.165, 1.54) is 6.08 Å². The molecule has 3 nitrogen and oxygen atoms in total. The highest BCUT2D eigenvalue weighted by Gasteiger charge is 1.93. The summed E-state index contributed by atoms with van der Waals surface area (Å²) in [5.41, 5.74) is 0.675. The molecule has 0 aromatic rings. The van der Waals surface area contributed by atoms with E-state index in [9.17, 15) is 8.78 Å². The minimum Gasteiger partial charge on any atom is -0.330 e. The van der Waals surface area contributed by atoms with Crippen molar-refractivity contribution in [1.29, 1.82) is 0 Å².